The van der Waals surface area contributed by atoms with E-state index in [1.165, 1.54) is 31.9 Å². The fourth-order valence-electron chi connectivity index (χ4n) is 5.60. The lowest BCUT2D eigenvalue weighted by Crippen LogP contribution is -2.36. The Morgan fingerprint density at radius 2 is 1.76 bits per heavy atom. The van der Waals surface area contributed by atoms with E-state index in [9.17, 15) is 14.3 Å². The molecule has 0 bridgehead atoms. The molecule has 1 unspecified atom stereocenters. The molecular weight excluding hydrogens is 435 g/mol. The second-order valence-electron chi connectivity index (χ2n) is 9.14. The molecule has 2 aromatic rings. The third kappa shape index (κ3) is 4.45. The van der Waals surface area contributed by atoms with Crippen LogP contribution in [0.1, 0.15) is 55.2 Å². The number of allylic oxidation sites excluding steroid dienone is 2. The van der Waals surface area contributed by atoms with Gasteiger partial charge in [0, 0.05) is 26.1 Å². The van der Waals surface area contributed by atoms with Gasteiger partial charge >= 0.3 is 5.97 Å². The summed E-state index contributed by atoms with van der Waals surface area (Å²) in [5, 5.41) is 19.3. The van der Waals surface area contributed by atoms with Crippen LogP contribution in [-0.2, 0) is 19.7 Å². The molecule has 2 aliphatic rings. The number of carboxylic acid groups (broad SMARTS) is 1. The Morgan fingerprint density at radius 3 is 2.38 bits per heavy atom. The maximum Gasteiger partial charge on any atom is 0.305 e. The van der Waals surface area contributed by atoms with Crippen molar-refractivity contribution >= 4 is 11.5 Å². The molecule has 4 rings (SSSR count). The highest BCUT2D eigenvalue weighted by molar-refractivity contribution is 5.91. The lowest BCUT2D eigenvalue weighted by atomic mass is 9.75. The summed E-state index contributed by atoms with van der Waals surface area (Å²) in [7, 11) is 2.96. The SMILES string of the molecule is COC(/C=C/C1=C(c2ccc(F)cc2)c2ccccc2C12CCCC2)(CC(O)CC(=O)O)OC. The number of carboxylic acids is 1. The van der Waals surface area contributed by atoms with Gasteiger partial charge in [0.2, 0.25) is 0 Å². The molecular formula is C28H31FO5. The zero-order chi connectivity index (χ0) is 24.3. The number of fused-ring (bicyclic) bond motifs is 2. The Balaban J connectivity index is 1.84. The Kier molecular flexibility index (Phi) is 7.03. The molecule has 34 heavy (non-hydrogen) atoms. The number of aliphatic hydroxyl groups excluding tert-OH is 1. The molecule has 0 heterocycles. The summed E-state index contributed by atoms with van der Waals surface area (Å²) in [5.74, 6) is -2.66. The summed E-state index contributed by atoms with van der Waals surface area (Å²) >= 11 is 0. The standard InChI is InChI=1S/C28H31FO5/c1-33-28(34-2,18-21(30)17-25(31)32)16-13-24-26(19-9-11-20(29)12-10-19)22-7-3-4-8-23(22)27(24)14-5-6-15-27/h3-4,7-13,16,21,30H,5-6,14-15,17-18H2,1-2H3,(H,31,32)/b16-13+. The van der Waals surface area contributed by atoms with Gasteiger partial charge in [-0.15, -0.1) is 0 Å². The highest BCUT2D eigenvalue weighted by Crippen LogP contribution is 2.57. The van der Waals surface area contributed by atoms with Crippen molar-refractivity contribution in [2.24, 2.45) is 0 Å². The molecule has 1 atom stereocenters. The zero-order valence-corrected chi connectivity index (χ0v) is 19.6. The molecule has 2 N–H and O–H groups in total. The molecule has 0 aromatic heterocycles. The second kappa shape index (κ2) is 9.82. The van der Waals surface area contributed by atoms with Gasteiger partial charge in [0.25, 0.3) is 0 Å². The summed E-state index contributed by atoms with van der Waals surface area (Å²) in [6.45, 7) is 0. The van der Waals surface area contributed by atoms with Crippen LogP contribution >= 0.6 is 0 Å². The van der Waals surface area contributed by atoms with Crippen molar-refractivity contribution in [3.05, 3.63) is 88.8 Å². The van der Waals surface area contributed by atoms with Gasteiger partial charge in [0.1, 0.15) is 5.82 Å². The molecule has 1 saturated carbocycles. The van der Waals surface area contributed by atoms with Crippen molar-refractivity contribution < 1.29 is 28.9 Å². The van der Waals surface area contributed by atoms with Crippen LogP contribution in [0.4, 0.5) is 4.39 Å². The number of aliphatic carboxylic acids is 1. The molecule has 0 saturated heterocycles. The quantitative estimate of drug-likeness (QED) is 0.496. The number of aliphatic hydroxyl groups is 1. The van der Waals surface area contributed by atoms with Crippen molar-refractivity contribution in [3.8, 4) is 0 Å². The third-order valence-corrected chi connectivity index (χ3v) is 7.21. The van der Waals surface area contributed by atoms with E-state index in [0.29, 0.717) is 0 Å². The Labute approximate surface area is 199 Å². The van der Waals surface area contributed by atoms with Crippen LogP contribution in [0.5, 0.6) is 0 Å². The van der Waals surface area contributed by atoms with Crippen LogP contribution in [0.2, 0.25) is 0 Å². The average molecular weight is 467 g/mol. The van der Waals surface area contributed by atoms with Gasteiger partial charge in [0.15, 0.2) is 5.79 Å². The fourth-order valence-corrected chi connectivity index (χ4v) is 5.60. The number of ether oxygens (including phenoxy) is 2. The van der Waals surface area contributed by atoms with Crippen molar-refractivity contribution in [3.63, 3.8) is 0 Å². The molecule has 1 spiro atoms. The van der Waals surface area contributed by atoms with E-state index in [0.717, 1.165) is 48.0 Å². The number of carbonyl (C=O) groups is 1. The molecule has 180 valence electrons. The van der Waals surface area contributed by atoms with Gasteiger partial charge < -0.3 is 19.7 Å². The van der Waals surface area contributed by atoms with Gasteiger partial charge in [0.05, 0.1) is 12.5 Å². The molecule has 2 aromatic carbocycles. The fraction of sp³-hybridized carbons (Fsp3) is 0.393. The first-order chi connectivity index (χ1) is 16.3. The number of methoxy groups -OCH3 is 2. The minimum absolute atomic E-state index is 0.0259. The summed E-state index contributed by atoms with van der Waals surface area (Å²) in [6, 6.07) is 14.9. The van der Waals surface area contributed by atoms with Gasteiger partial charge in [-0.05, 0) is 58.9 Å². The topological polar surface area (TPSA) is 76.0 Å². The predicted molar refractivity (Wildman–Crippen MR) is 128 cm³/mol. The van der Waals surface area contributed by atoms with Gasteiger partial charge in [-0.2, -0.15) is 0 Å². The van der Waals surface area contributed by atoms with Gasteiger partial charge in [-0.3, -0.25) is 4.79 Å². The average Bonchev–Trinajstić information content (AvgIpc) is 3.41. The summed E-state index contributed by atoms with van der Waals surface area (Å²) in [4.78, 5) is 11.1. The van der Waals surface area contributed by atoms with Crippen molar-refractivity contribution in [1.29, 1.82) is 0 Å². The van der Waals surface area contributed by atoms with Crippen molar-refractivity contribution in [1.82, 2.24) is 0 Å². The summed E-state index contributed by atoms with van der Waals surface area (Å²) in [5.41, 5.74) is 5.36. The second-order valence-corrected chi connectivity index (χ2v) is 9.14. The van der Waals surface area contributed by atoms with Crippen LogP contribution in [0.25, 0.3) is 5.57 Å². The molecule has 1 fully saturated rings. The zero-order valence-electron chi connectivity index (χ0n) is 19.6. The van der Waals surface area contributed by atoms with E-state index in [-0.39, 0.29) is 17.7 Å². The number of benzene rings is 2. The van der Waals surface area contributed by atoms with Gasteiger partial charge in [-0.25, -0.2) is 4.39 Å². The minimum Gasteiger partial charge on any atom is -0.481 e. The van der Waals surface area contributed by atoms with Crippen LogP contribution in [0.15, 0.2) is 66.3 Å². The smallest absolute Gasteiger partial charge is 0.305 e. The molecule has 0 radical (unpaired) electrons. The minimum atomic E-state index is -1.29. The van der Waals surface area contributed by atoms with E-state index in [2.05, 4.69) is 18.2 Å². The van der Waals surface area contributed by atoms with Crippen LogP contribution in [0, 0.1) is 5.82 Å². The predicted octanol–water partition coefficient (Wildman–Crippen LogP) is 5.22. The number of halogens is 1. The lowest BCUT2D eigenvalue weighted by molar-refractivity contribution is -0.188. The summed E-state index contributed by atoms with van der Waals surface area (Å²) in [6.07, 6.45) is 6.45. The van der Waals surface area contributed by atoms with Crippen LogP contribution in [-0.4, -0.2) is 42.3 Å². The number of hydrogen-bond donors (Lipinski definition) is 2. The van der Waals surface area contributed by atoms with Crippen molar-refractivity contribution in [2.45, 2.75) is 55.8 Å². The molecule has 2 aliphatic carbocycles. The Hall–Kier alpha value is -2.80. The normalized spacial score (nSPS) is 18.1. The van der Waals surface area contributed by atoms with E-state index in [4.69, 9.17) is 14.6 Å². The summed E-state index contributed by atoms with van der Waals surface area (Å²) < 4.78 is 25.0. The van der Waals surface area contributed by atoms with Crippen LogP contribution in [0.3, 0.4) is 0 Å². The monoisotopic (exact) mass is 466 g/mol. The lowest BCUT2D eigenvalue weighted by Gasteiger charge is -2.31. The number of hydrogen-bond acceptors (Lipinski definition) is 4. The van der Waals surface area contributed by atoms with Crippen LogP contribution < -0.4 is 0 Å². The molecule has 5 nitrogen and oxygen atoms in total. The molecule has 6 heteroatoms. The largest absolute Gasteiger partial charge is 0.481 e. The van der Waals surface area contributed by atoms with E-state index >= 15 is 0 Å². The first-order valence-corrected chi connectivity index (χ1v) is 11.6. The van der Waals surface area contributed by atoms with E-state index < -0.39 is 24.3 Å². The molecule has 0 amide bonds. The maximum absolute atomic E-state index is 13.7. The highest BCUT2D eigenvalue weighted by atomic mass is 19.1. The Morgan fingerprint density at radius 1 is 1.12 bits per heavy atom. The van der Waals surface area contributed by atoms with Gasteiger partial charge in [-0.1, -0.05) is 55.3 Å². The third-order valence-electron chi connectivity index (χ3n) is 7.21. The Bertz CT molecular complexity index is 1090. The van der Waals surface area contributed by atoms with E-state index in [1.807, 2.05) is 12.1 Å². The van der Waals surface area contributed by atoms with E-state index in [1.54, 1.807) is 18.2 Å². The number of rotatable bonds is 9. The maximum atomic E-state index is 13.7. The highest BCUT2D eigenvalue weighted by Gasteiger charge is 2.46. The molecule has 0 aliphatic heterocycles. The van der Waals surface area contributed by atoms with Crippen molar-refractivity contribution in [2.75, 3.05) is 14.2 Å². The first-order valence-electron chi connectivity index (χ1n) is 11.6. The first kappa shape index (κ1) is 24.3.